The smallest absolute Gasteiger partial charge is 0.317 e. The van der Waals surface area contributed by atoms with Crippen molar-refractivity contribution in [1.29, 1.82) is 0 Å². The molecule has 0 rings (SSSR count). The number of carbonyl (C=O) groups is 2. The Morgan fingerprint density at radius 3 is 2.19 bits per heavy atom. The molecule has 2 N–H and O–H groups in total. The van der Waals surface area contributed by atoms with Crippen LogP contribution in [0.4, 0.5) is 4.79 Å². The molecule has 1 atom stereocenters. The first kappa shape index (κ1) is 19.7. The van der Waals surface area contributed by atoms with Gasteiger partial charge in [-0.15, -0.1) is 0 Å². The summed E-state index contributed by atoms with van der Waals surface area (Å²) in [6, 6.07) is -0.437. The summed E-state index contributed by atoms with van der Waals surface area (Å²) in [4.78, 5) is 25.1. The third kappa shape index (κ3) is 7.32. The van der Waals surface area contributed by atoms with Crippen LogP contribution in [0.15, 0.2) is 0 Å². The Labute approximate surface area is 127 Å². The zero-order valence-electron chi connectivity index (χ0n) is 13.9. The van der Waals surface area contributed by atoms with Crippen LogP contribution in [0.2, 0.25) is 0 Å². The van der Waals surface area contributed by atoms with Crippen molar-refractivity contribution in [1.82, 2.24) is 10.2 Å². The lowest BCUT2D eigenvalue weighted by molar-refractivity contribution is -0.137. The van der Waals surface area contributed by atoms with Gasteiger partial charge in [0.2, 0.25) is 0 Å². The Balaban J connectivity index is 4.86. The number of nitrogens with one attached hydrogen (secondary N) is 1. The van der Waals surface area contributed by atoms with Crippen LogP contribution < -0.4 is 5.32 Å². The quantitative estimate of drug-likeness (QED) is 0.649. The van der Waals surface area contributed by atoms with E-state index in [-0.39, 0.29) is 30.5 Å². The summed E-state index contributed by atoms with van der Waals surface area (Å²) in [5.74, 6) is -0.837. The van der Waals surface area contributed by atoms with Crippen LogP contribution in [0, 0.1) is 5.92 Å². The standard InChI is InChI=1S/C15H30N2O4/c1-6-12(7-2)17(8-9-21-5)15(20)16-13(11(3)4)10-14(18)19/h11-13H,6-10H2,1-5H3,(H,16,20)(H,18,19). The van der Waals surface area contributed by atoms with E-state index in [2.05, 4.69) is 5.32 Å². The number of carbonyl (C=O) groups excluding carboxylic acids is 1. The normalized spacial score (nSPS) is 12.5. The molecule has 0 bridgehead atoms. The number of ether oxygens (including phenoxy) is 1. The van der Waals surface area contributed by atoms with E-state index in [4.69, 9.17) is 9.84 Å². The van der Waals surface area contributed by atoms with E-state index in [0.717, 1.165) is 12.8 Å². The lowest BCUT2D eigenvalue weighted by atomic mass is 10.0. The molecule has 0 aromatic heterocycles. The molecule has 0 radical (unpaired) electrons. The third-order valence-electron chi connectivity index (χ3n) is 3.69. The lowest BCUT2D eigenvalue weighted by Gasteiger charge is -2.33. The molecular formula is C15H30N2O4. The molecule has 0 saturated heterocycles. The highest BCUT2D eigenvalue weighted by Crippen LogP contribution is 2.12. The van der Waals surface area contributed by atoms with Crippen molar-refractivity contribution in [2.45, 2.75) is 59.0 Å². The number of amides is 2. The zero-order chi connectivity index (χ0) is 16.4. The van der Waals surface area contributed by atoms with Crippen molar-refractivity contribution >= 4 is 12.0 Å². The number of hydrogen-bond acceptors (Lipinski definition) is 3. The molecule has 0 fully saturated rings. The lowest BCUT2D eigenvalue weighted by Crippen LogP contribution is -2.51. The number of methoxy groups -OCH3 is 1. The van der Waals surface area contributed by atoms with Crippen molar-refractivity contribution in [3.8, 4) is 0 Å². The summed E-state index contributed by atoms with van der Waals surface area (Å²) >= 11 is 0. The van der Waals surface area contributed by atoms with Crippen LogP contribution in [0.3, 0.4) is 0 Å². The number of carboxylic acid groups (broad SMARTS) is 1. The minimum atomic E-state index is -0.903. The van der Waals surface area contributed by atoms with E-state index >= 15 is 0 Å². The van der Waals surface area contributed by atoms with Crippen LogP contribution in [-0.2, 0) is 9.53 Å². The fourth-order valence-electron chi connectivity index (χ4n) is 2.25. The molecule has 6 nitrogen and oxygen atoms in total. The monoisotopic (exact) mass is 302 g/mol. The molecule has 0 aromatic carbocycles. The van der Waals surface area contributed by atoms with Crippen LogP contribution >= 0.6 is 0 Å². The highest BCUT2D eigenvalue weighted by Gasteiger charge is 2.25. The molecular weight excluding hydrogens is 272 g/mol. The van der Waals surface area contributed by atoms with E-state index in [1.54, 1.807) is 12.0 Å². The number of nitrogens with zero attached hydrogens (tertiary/aromatic N) is 1. The van der Waals surface area contributed by atoms with Gasteiger partial charge in [0.1, 0.15) is 0 Å². The molecule has 0 heterocycles. The first-order valence-electron chi connectivity index (χ1n) is 7.65. The van der Waals surface area contributed by atoms with Crippen molar-refractivity contribution in [2.24, 2.45) is 5.92 Å². The van der Waals surface area contributed by atoms with Crippen LogP contribution in [0.25, 0.3) is 0 Å². The highest BCUT2D eigenvalue weighted by atomic mass is 16.5. The molecule has 0 spiro atoms. The molecule has 2 amide bonds. The molecule has 21 heavy (non-hydrogen) atoms. The molecule has 6 heteroatoms. The third-order valence-corrected chi connectivity index (χ3v) is 3.69. The van der Waals surface area contributed by atoms with Gasteiger partial charge in [-0.3, -0.25) is 4.79 Å². The van der Waals surface area contributed by atoms with Gasteiger partial charge in [0.05, 0.1) is 13.0 Å². The number of carboxylic acids is 1. The van der Waals surface area contributed by atoms with E-state index in [0.29, 0.717) is 13.2 Å². The molecule has 0 aliphatic carbocycles. The number of urea groups is 1. The Kier molecular flexibility index (Phi) is 9.78. The maximum atomic E-state index is 12.5. The molecule has 124 valence electrons. The molecule has 0 saturated carbocycles. The number of rotatable bonds is 10. The maximum absolute atomic E-state index is 12.5. The summed E-state index contributed by atoms with van der Waals surface area (Å²) in [6.45, 7) is 8.87. The largest absolute Gasteiger partial charge is 0.481 e. The summed E-state index contributed by atoms with van der Waals surface area (Å²) < 4.78 is 5.06. The summed E-state index contributed by atoms with van der Waals surface area (Å²) in [7, 11) is 1.60. The van der Waals surface area contributed by atoms with Crippen molar-refractivity contribution in [3.05, 3.63) is 0 Å². The van der Waals surface area contributed by atoms with Crippen molar-refractivity contribution < 1.29 is 19.4 Å². The second kappa shape index (κ2) is 10.4. The van der Waals surface area contributed by atoms with E-state index < -0.39 is 5.97 Å². The summed E-state index contributed by atoms with van der Waals surface area (Å²) in [5.41, 5.74) is 0. The molecule has 0 aromatic rings. The van der Waals surface area contributed by atoms with Crippen LogP contribution in [-0.4, -0.2) is 54.4 Å². The first-order chi connectivity index (χ1) is 9.87. The topological polar surface area (TPSA) is 78.9 Å². The van der Waals surface area contributed by atoms with Crippen molar-refractivity contribution in [2.75, 3.05) is 20.3 Å². The molecule has 0 aliphatic rings. The van der Waals surface area contributed by atoms with Gasteiger partial charge in [-0.25, -0.2) is 4.79 Å². The van der Waals surface area contributed by atoms with Crippen molar-refractivity contribution in [3.63, 3.8) is 0 Å². The second-order valence-corrected chi connectivity index (χ2v) is 5.55. The summed E-state index contributed by atoms with van der Waals surface area (Å²) in [5, 5.41) is 11.8. The fourth-order valence-corrected chi connectivity index (χ4v) is 2.25. The van der Waals surface area contributed by atoms with Crippen LogP contribution in [0.5, 0.6) is 0 Å². The first-order valence-corrected chi connectivity index (χ1v) is 7.65. The van der Waals surface area contributed by atoms with Gasteiger partial charge in [-0.2, -0.15) is 0 Å². The van der Waals surface area contributed by atoms with Gasteiger partial charge < -0.3 is 20.1 Å². The minimum absolute atomic E-state index is 0.0650. The number of aliphatic carboxylic acids is 1. The van der Waals surface area contributed by atoms with E-state index in [9.17, 15) is 9.59 Å². The van der Waals surface area contributed by atoms with Gasteiger partial charge in [-0.1, -0.05) is 27.7 Å². The minimum Gasteiger partial charge on any atom is -0.481 e. The van der Waals surface area contributed by atoms with Gasteiger partial charge in [0.15, 0.2) is 0 Å². The predicted octanol–water partition coefficient (Wildman–Crippen LogP) is 2.33. The summed E-state index contributed by atoms with van der Waals surface area (Å²) in [6.07, 6.45) is 1.66. The zero-order valence-corrected chi connectivity index (χ0v) is 13.9. The average Bonchev–Trinajstić information content (AvgIpc) is 2.41. The Bertz CT molecular complexity index is 317. The fraction of sp³-hybridized carbons (Fsp3) is 0.867. The SMILES string of the molecule is CCC(CC)N(CCOC)C(=O)NC(CC(=O)O)C(C)C. The van der Waals surface area contributed by atoms with Gasteiger partial charge in [-0.05, 0) is 18.8 Å². The Morgan fingerprint density at radius 1 is 1.24 bits per heavy atom. The van der Waals surface area contributed by atoms with Gasteiger partial charge in [0.25, 0.3) is 0 Å². The predicted molar refractivity (Wildman–Crippen MR) is 82.4 cm³/mol. The van der Waals surface area contributed by atoms with E-state index in [1.807, 2.05) is 27.7 Å². The van der Waals surface area contributed by atoms with Crippen LogP contribution in [0.1, 0.15) is 47.0 Å². The Hall–Kier alpha value is -1.30. The maximum Gasteiger partial charge on any atom is 0.317 e. The molecule has 0 aliphatic heterocycles. The Morgan fingerprint density at radius 2 is 1.81 bits per heavy atom. The second-order valence-electron chi connectivity index (χ2n) is 5.55. The average molecular weight is 302 g/mol. The molecule has 1 unspecified atom stereocenters. The highest BCUT2D eigenvalue weighted by molar-refractivity contribution is 5.76. The van der Waals surface area contributed by atoms with Gasteiger partial charge in [0, 0.05) is 25.7 Å². The number of hydrogen-bond donors (Lipinski definition) is 2. The van der Waals surface area contributed by atoms with Gasteiger partial charge >= 0.3 is 12.0 Å². The van der Waals surface area contributed by atoms with E-state index in [1.165, 1.54) is 0 Å².